The monoisotopic (exact) mass is 409 g/mol. The molecular weight excluding hydrogens is 378 g/mol. The van der Waals surface area contributed by atoms with E-state index in [0.29, 0.717) is 24.5 Å². The molecule has 1 amide bonds. The molecular formula is C25H31NO4. The van der Waals surface area contributed by atoms with Crippen LogP contribution in [0.15, 0.2) is 42.5 Å². The number of amides is 1. The van der Waals surface area contributed by atoms with E-state index in [1.165, 1.54) is 24.0 Å². The van der Waals surface area contributed by atoms with Crippen LogP contribution in [-0.4, -0.2) is 33.8 Å². The van der Waals surface area contributed by atoms with E-state index in [1.807, 2.05) is 18.2 Å². The van der Waals surface area contributed by atoms with Gasteiger partial charge in [-0.25, -0.2) is 0 Å². The average molecular weight is 410 g/mol. The van der Waals surface area contributed by atoms with Gasteiger partial charge in [-0.2, -0.15) is 0 Å². The molecule has 0 unspecified atom stereocenters. The first-order chi connectivity index (χ1) is 14.6. The highest BCUT2D eigenvalue weighted by molar-refractivity contribution is 5.78. The second-order valence-corrected chi connectivity index (χ2v) is 7.48. The summed E-state index contributed by atoms with van der Waals surface area (Å²) < 4.78 is 16.2. The van der Waals surface area contributed by atoms with Crippen LogP contribution in [0.3, 0.4) is 0 Å². The lowest BCUT2D eigenvalue weighted by Gasteiger charge is -2.17. The third-order valence-corrected chi connectivity index (χ3v) is 5.45. The average Bonchev–Trinajstić information content (AvgIpc) is 2.79. The molecule has 0 aliphatic heterocycles. The van der Waals surface area contributed by atoms with Gasteiger partial charge in [0.2, 0.25) is 5.91 Å². The molecule has 0 bridgehead atoms. The molecule has 1 aliphatic rings. The molecule has 0 spiro atoms. The number of rotatable bonds is 9. The molecule has 1 N–H and O–H groups in total. The van der Waals surface area contributed by atoms with Crippen molar-refractivity contribution in [2.24, 2.45) is 0 Å². The Balaban J connectivity index is 1.54. The van der Waals surface area contributed by atoms with Crippen molar-refractivity contribution >= 4 is 11.5 Å². The summed E-state index contributed by atoms with van der Waals surface area (Å²) in [5, 5.41) is 3.00. The Hall–Kier alpha value is -2.95. The van der Waals surface area contributed by atoms with E-state index in [1.54, 1.807) is 21.3 Å². The number of methoxy groups -OCH3 is 3. The fourth-order valence-corrected chi connectivity index (χ4v) is 3.82. The summed E-state index contributed by atoms with van der Waals surface area (Å²) in [5.41, 5.74) is 4.61. The number of ether oxygens (including phenoxy) is 3. The summed E-state index contributed by atoms with van der Waals surface area (Å²) in [6, 6.07) is 11.9. The Bertz CT molecular complexity index is 904. The minimum atomic E-state index is -0.0156. The third kappa shape index (κ3) is 5.56. The first-order valence-corrected chi connectivity index (χ1v) is 10.5. The second kappa shape index (κ2) is 10.7. The van der Waals surface area contributed by atoms with Gasteiger partial charge in [0, 0.05) is 12.1 Å². The van der Waals surface area contributed by atoms with Crippen LogP contribution < -0.4 is 19.5 Å². The van der Waals surface area contributed by atoms with Gasteiger partial charge in [-0.05, 0) is 67.0 Å². The van der Waals surface area contributed by atoms with Crippen molar-refractivity contribution in [2.45, 2.75) is 38.5 Å². The maximum atomic E-state index is 12.3. The molecule has 0 heterocycles. The predicted octanol–water partition coefficient (Wildman–Crippen LogP) is 4.57. The maximum absolute atomic E-state index is 12.3. The molecule has 0 saturated carbocycles. The van der Waals surface area contributed by atoms with Crippen LogP contribution in [0.2, 0.25) is 0 Å². The van der Waals surface area contributed by atoms with E-state index in [9.17, 15) is 4.79 Å². The molecule has 0 saturated heterocycles. The fraction of sp³-hybridized carbons (Fsp3) is 0.400. The van der Waals surface area contributed by atoms with Crippen molar-refractivity contribution < 1.29 is 19.0 Å². The molecule has 30 heavy (non-hydrogen) atoms. The lowest BCUT2D eigenvalue weighted by atomic mass is 9.92. The normalized spacial score (nSPS) is 13.4. The molecule has 0 atom stereocenters. The van der Waals surface area contributed by atoms with Crippen LogP contribution in [0.5, 0.6) is 17.2 Å². The molecule has 2 aromatic carbocycles. The lowest BCUT2D eigenvalue weighted by Crippen LogP contribution is -2.27. The van der Waals surface area contributed by atoms with Crippen molar-refractivity contribution in [3.05, 3.63) is 59.2 Å². The first kappa shape index (κ1) is 21.8. The van der Waals surface area contributed by atoms with Gasteiger partial charge in [-0.3, -0.25) is 4.79 Å². The Labute approximate surface area is 179 Å². The van der Waals surface area contributed by atoms with Crippen molar-refractivity contribution in [2.75, 3.05) is 27.9 Å². The summed E-state index contributed by atoms with van der Waals surface area (Å²) in [7, 11) is 4.90. The maximum Gasteiger partial charge on any atom is 0.224 e. The largest absolute Gasteiger partial charge is 0.496 e. The zero-order valence-corrected chi connectivity index (χ0v) is 18.1. The van der Waals surface area contributed by atoms with Gasteiger partial charge in [-0.1, -0.05) is 24.3 Å². The molecule has 1 aliphatic carbocycles. The Morgan fingerprint density at radius 3 is 2.33 bits per heavy atom. The second-order valence-electron chi connectivity index (χ2n) is 7.48. The van der Waals surface area contributed by atoms with Crippen LogP contribution in [0.1, 0.15) is 42.4 Å². The van der Waals surface area contributed by atoms with Crippen molar-refractivity contribution in [1.29, 1.82) is 0 Å². The van der Waals surface area contributed by atoms with E-state index < -0.39 is 0 Å². The van der Waals surface area contributed by atoms with Gasteiger partial charge < -0.3 is 19.5 Å². The minimum Gasteiger partial charge on any atom is -0.496 e. The number of nitrogens with one attached hydrogen (secondary N) is 1. The zero-order valence-electron chi connectivity index (χ0n) is 18.1. The van der Waals surface area contributed by atoms with Gasteiger partial charge in [0.1, 0.15) is 5.75 Å². The number of carbonyl (C=O) groups is 1. The van der Waals surface area contributed by atoms with E-state index in [-0.39, 0.29) is 5.91 Å². The van der Waals surface area contributed by atoms with Crippen molar-refractivity contribution in [3.63, 3.8) is 0 Å². The third-order valence-electron chi connectivity index (χ3n) is 5.45. The van der Waals surface area contributed by atoms with E-state index in [4.69, 9.17) is 14.2 Å². The number of benzene rings is 2. The van der Waals surface area contributed by atoms with Crippen LogP contribution in [-0.2, 0) is 17.6 Å². The summed E-state index contributed by atoms with van der Waals surface area (Å²) in [6.45, 7) is 0.581. The number of allylic oxidation sites excluding steroid dienone is 2. The van der Waals surface area contributed by atoms with Crippen LogP contribution in [0.4, 0.5) is 0 Å². The van der Waals surface area contributed by atoms with E-state index in [0.717, 1.165) is 36.1 Å². The molecule has 160 valence electrons. The molecule has 2 aromatic rings. The molecule has 5 heteroatoms. The Kier molecular flexibility index (Phi) is 7.77. The Morgan fingerprint density at radius 1 is 0.900 bits per heavy atom. The summed E-state index contributed by atoms with van der Waals surface area (Å²) in [6.07, 6.45) is 8.16. The van der Waals surface area contributed by atoms with Gasteiger partial charge in [0.15, 0.2) is 11.5 Å². The number of hydrogen-bond acceptors (Lipinski definition) is 4. The van der Waals surface area contributed by atoms with Gasteiger partial charge in [0.25, 0.3) is 0 Å². The van der Waals surface area contributed by atoms with E-state index >= 15 is 0 Å². The first-order valence-electron chi connectivity index (χ1n) is 10.5. The van der Waals surface area contributed by atoms with Crippen molar-refractivity contribution in [1.82, 2.24) is 5.32 Å². The fourth-order valence-electron chi connectivity index (χ4n) is 3.82. The lowest BCUT2D eigenvalue weighted by molar-refractivity contribution is -0.120. The van der Waals surface area contributed by atoms with Crippen LogP contribution >= 0.6 is 0 Å². The summed E-state index contributed by atoms with van der Waals surface area (Å²) in [5.74, 6) is 2.18. The SMILES string of the molecule is COc1ccc(CC(=O)NCCc2ccc(C3=CCCCC3)c(OC)c2)cc1OC. The van der Waals surface area contributed by atoms with Gasteiger partial charge in [-0.15, -0.1) is 0 Å². The minimum absolute atomic E-state index is 0.0156. The summed E-state index contributed by atoms with van der Waals surface area (Å²) in [4.78, 5) is 12.3. The predicted molar refractivity (Wildman–Crippen MR) is 119 cm³/mol. The number of carbonyl (C=O) groups excluding carboxylic acids is 1. The van der Waals surface area contributed by atoms with Crippen LogP contribution in [0.25, 0.3) is 5.57 Å². The smallest absolute Gasteiger partial charge is 0.224 e. The topological polar surface area (TPSA) is 56.8 Å². The standard InChI is InChI=1S/C25H31NO4/c1-28-22-12-10-19(16-24(22)30-3)17-25(27)26-14-13-18-9-11-21(23(15-18)29-2)20-7-5-4-6-8-20/h7,9-12,15-16H,4-6,8,13-14,17H2,1-3H3,(H,26,27). The molecule has 5 nitrogen and oxygen atoms in total. The van der Waals surface area contributed by atoms with E-state index in [2.05, 4.69) is 29.6 Å². The molecule has 0 radical (unpaired) electrons. The zero-order chi connectivity index (χ0) is 21.3. The highest BCUT2D eigenvalue weighted by Gasteiger charge is 2.12. The molecule has 3 rings (SSSR count). The van der Waals surface area contributed by atoms with Crippen LogP contribution in [0, 0.1) is 0 Å². The summed E-state index contributed by atoms with van der Waals surface area (Å²) >= 11 is 0. The van der Waals surface area contributed by atoms with Gasteiger partial charge in [0.05, 0.1) is 27.8 Å². The van der Waals surface area contributed by atoms with Crippen molar-refractivity contribution in [3.8, 4) is 17.2 Å². The molecule has 0 fully saturated rings. The highest BCUT2D eigenvalue weighted by Crippen LogP contribution is 2.33. The van der Waals surface area contributed by atoms with Gasteiger partial charge >= 0.3 is 0 Å². The Morgan fingerprint density at radius 2 is 1.63 bits per heavy atom. The number of hydrogen-bond donors (Lipinski definition) is 1. The highest BCUT2D eigenvalue weighted by atomic mass is 16.5. The quantitative estimate of drug-likeness (QED) is 0.659. The molecule has 0 aromatic heterocycles.